The van der Waals surface area contributed by atoms with Crippen molar-refractivity contribution in [3.63, 3.8) is 0 Å². The first-order valence-corrected chi connectivity index (χ1v) is 6.77. The number of furan rings is 1. The fourth-order valence-corrected chi connectivity index (χ4v) is 1.95. The summed E-state index contributed by atoms with van der Waals surface area (Å²) < 4.78 is 5.36. The number of amides is 1. The van der Waals surface area contributed by atoms with Crippen LogP contribution in [0.4, 0.5) is 5.69 Å². The maximum absolute atomic E-state index is 12.0. The Balaban J connectivity index is 2.08. The third kappa shape index (κ3) is 3.63. The first-order chi connectivity index (χ1) is 9.56. The van der Waals surface area contributed by atoms with Crippen LogP contribution < -0.4 is 10.6 Å². The molecule has 1 atom stereocenters. The molecule has 4 heteroatoms. The molecule has 0 aliphatic heterocycles. The van der Waals surface area contributed by atoms with E-state index in [0.29, 0.717) is 5.56 Å². The highest BCUT2D eigenvalue weighted by Crippen LogP contribution is 2.20. The van der Waals surface area contributed by atoms with Crippen LogP contribution >= 0.6 is 0 Å². The first-order valence-electron chi connectivity index (χ1n) is 6.77. The van der Waals surface area contributed by atoms with E-state index in [2.05, 4.69) is 10.6 Å². The van der Waals surface area contributed by atoms with Crippen LogP contribution in [-0.4, -0.2) is 11.9 Å². The zero-order valence-electron chi connectivity index (χ0n) is 12.0. The van der Waals surface area contributed by atoms with E-state index in [1.165, 1.54) is 0 Å². The quantitative estimate of drug-likeness (QED) is 0.874. The minimum absolute atomic E-state index is 0.0495. The average Bonchev–Trinajstić information content (AvgIpc) is 2.92. The van der Waals surface area contributed by atoms with Crippen LogP contribution in [0.1, 0.15) is 42.9 Å². The lowest BCUT2D eigenvalue weighted by Gasteiger charge is -2.14. The molecular weight excluding hydrogens is 252 g/mol. The van der Waals surface area contributed by atoms with Crippen LogP contribution in [0.3, 0.4) is 0 Å². The lowest BCUT2D eigenvalue weighted by atomic mass is 10.1. The van der Waals surface area contributed by atoms with Crippen molar-refractivity contribution in [2.24, 2.45) is 0 Å². The van der Waals surface area contributed by atoms with Gasteiger partial charge in [-0.1, -0.05) is 6.07 Å². The van der Waals surface area contributed by atoms with Crippen LogP contribution in [0.25, 0.3) is 0 Å². The van der Waals surface area contributed by atoms with Crippen LogP contribution in [0.5, 0.6) is 0 Å². The third-order valence-electron chi connectivity index (χ3n) is 2.90. The van der Waals surface area contributed by atoms with Gasteiger partial charge in [0.1, 0.15) is 5.76 Å². The highest BCUT2D eigenvalue weighted by atomic mass is 16.3. The molecule has 0 bridgehead atoms. The zero-order chi connectivity index (χ0) is 14.5. The van der Waals surface area contributed by atoms with E-state index < -0.39 is 0 Å². The molecule has 0 saturated carbocycles. The van der Waals surface area contributed by atoms with Crippen molar-refractivity contribution in [1.82, 2.24) is 5.32 Å². The number of anilines is 1. The molecule has 2 rings (SSSR count). The molecule has 1 unspecified atom stereocenters. The molecule has 0 aliphatic rings. The van der Waals surface area contributed by atoms with Gasteiger partial charge in [0.25, 0.3) is 5.91 Å². The van der Waals surface area contributed by atoms with Crippen molar-refractivity contribution >= 4 is 11.6 Å². The number of nitrogens with one attached hydrogen (secondary N) is 2. The van der Waals surface area contributed by atoms with Gasteiger partial charge in [-0.15, -0.1) is 0 Å². The van der Waals surface area contributed by atoms with Gasteiger partial charge in [0.05, 0.1) is 12.3 Å². The molecule has 0 fully saturated rings. The van der Waals surface area contributed by atoms with Crippen LogP contribution in [0.2, 0.25) is 0 Å². The van der Waals surface area contributed by atoms with Crippen molar-refractivity contribution in [3.05, 3.63) is 54.0 Å². The molecule has 2 aromatic rings. The molecule has 0 aliphatic carbocycles. The fraction of sp³-hybridized carbons (Fsp3) is 0.312. The molecule has 0 spiro atoms. The highest BCUT2D eigenvalue weighted by molar-refractivity contribution is 5.95. The molecule has 1 amide bonds. The summed E-state index contributed by atoms with van der Waals surface area (Å²) in [5.74, 6) is 0.802. The van der Waals surface area contributed by atoms with E-state index in [1.807, 2.05) is 51.1 Å². The SMILES string of the molecule is CC(C)NC(=O)c1cccc(NC(C)c2ccco2)c1. The summed E-state index contributed by atoms with van der Waals surface area (Å²) in [4.78, 5) is 12.0. The van der Waals surface area contributed by atoms with Crippen LogP contribution in [0, 0.1) is 0 Å². The molecular formula is C16H20N2O2. The first kappa shape index (κ1) is 14.2. The van der Waals surface area contributed by atoms with E-state index in [1.54, 1.807) is 12.3 Å². The Hall–Kier alpha value is -2.23. The Morgan fingerprint density at radius 1 is 1.15 bits per heavy atom. The lowest BCUT2D eigenvalue weighted by Crippen LogP contribution is -2.30. The molecule has 4 nitrogen and oxygen atoms in total. The van der Waals surface area contributed by atoms with Crippen molar-refractivity contribution in [2.75, 3.05) is 5.32 Å². The van der Waals surface area contributed by atoms with Crippen LogP contribution in [0.15, 0.2) is 47.1 Å². The van der Waals surface area contributed by atoms with Crippen molar-refractivity contribution in [3.8, 4) is 0 Å². The lowest BCUT2D eigenvalue weighted by molar-refractivity contribution is 0.0943. The topological polar surface area (TPSA) is 54.3 Å². The monoisotopic (exact) mass is 272 g/mol. The minimum Gasteiger partial charge on any atom is -0.467 e. The maximum Gasteiger partial charge on any atom is 0.251 e. The molecule has 2 N–H and O–H groups in total. The predicted molar refractivity (Wildman–Crippen MR) is 79.8 cm³/mol. The molecule has 106 valence electrons. The van der Waals surface area contributed by atoms with Crippen LogP contribution in [-0.2, 0) is 0 Å². The Bertz CT molecular complexity index is 562. The summed E-state index contributed by atoms with van der Waals surface area (Å²) in [7, 11) is 0. The number of rotatable bonds is 5. The van der Waals surface area contributed by atoms with Crippen molar-refractivity contribution in [2.45, 2.75) is 32.9 Å². The maximum atomic E-state index is 12.0. The second-order valence-corrected chi connectivity index (χ2v) is 5.09. The standard InChI is InChI=1S/C16H20N2O2/c1-11(2)17-16(19)13-6-4-7-14(10-13)18-12(3)15-8-5-9-20-15/h4-12,18H,1-3H3,(H,17,19). The molecule has 0 radical (unpaired) electrons. The van der Waals surface area contributed by atoms with Crippen molar-refractivity contribution in [1.29, 1.82) is 0 Å². The van der Waals surface area contributed by atoms with Gasteiger partial charge in [0.2, 0.25) is 0 Å². The van der Waals surface area contributed by atoms with Gasteiger partial charge in [-0.2, -0.15) is 0 Å². The normalized spacial score (nSPS) is 12.2. The van der Waals surface area contributed by atoms with E-state index in [4.69, 9.17) is 4.42 Å². The summed E-state index contributed by atoms with van der Waals surface area (Å²) in [6.45, 7) is 5.90. The molecule has 0 saturated heterocycles. The molecule has 20 heavy (non-hydrogen) atoms. The van der Waals surface area contributed by atoms with E-state index in [-0.39, 0.29) is 18.0 Å². The zero-order valence-corrected chi connectivity index (χ0v) is 12.0. The van der Waals surface area contributed by atoms with E-state index in [9.17, 15) is 4.79 Å². The second kappa shape index (κ2) is 6.28. The van der Waals surface area contributed by atoms with Gasteiger partial charge in [-0.25, -0.2) is 0 Å². The number of benzene rings is 1. The third-order valence-corrected chi connectivity index (χ3v) is 2.90. The van der Waals surface area contributed by atoms with Gasteiger partial charge < -0.3 is 15.1 Å². The summed E-state index contributed by atoms with van der Waals surface area (Å²) in [5, 5.41) is 6.20. The largest absolute Gasteiger partial charge is 0.467 e. The smallest absolute Gasteiger partial charge is 0.251 e. The molecule has 1 aromatic carbocycles. The Morgan fingerprint density at radius 3 is 2.60 bits per heavy atom. The Kier molecular flexibility index (Phi) is 4.45. The summed E-state index contributed by atoms with van der Waals surface area (Å²) in [5.41, 5.74) is 1.54. The van der Waals surface area contributed by atoms with Gasteiger partial charge in [0.15, 0.2) is 0 Å². The minimum atomic E-state index is -0.0608. The van der Waals surface area contributed by atoms with Gasteiger partial charge in [-0.3, -0.25) is 4.79 Å². The fourth-order valence-electron chi connectivity index (χ4n) is 1.95. The summed E-state index contributed by atoms with van der Waals surface area (Å²) in [6, 6.07) is 11.4. The highest BCUT2D eigenvalue weighted by Gasteiger charge is 2.10. The summed E-state index contributed by atoms with van der Waals surface area (Å²) in [6.07, 6.45) is 1.65. The van der Waals surface area contributed by atoms with Crippen molar-refractivity contribution < 1.29 is 9.21 Å². The second-order valence-electron chi connectivity index (χ2n) is 5.09. The molecule has 1 aromatic heterocycles. The summed E-state index contributed by atoms with van der Waals surface area (Å²) >= 11 is 0. The van der Waals surface area contributed by atoms with Gasteiger partial charge in [-0.05, 0) is 51.1 Å². The van der Waals surface area contributed by atoms with Gasteiger partial charge in [0, 0.05) is 17.3 Å². The number of hydrogen-bond acceptors (Lipinski definition) is 3. The average molecular weight is 272 g/mol. The van der Waals surface area contributed by atoms with Gasteiger partial charge >= 0.3 is 0 Å². The number of carbonyl (C=O) groups is 1. The predicted octanol–water partition coefficient (Wildman–Crippen LogP) is 3.59. The Morgan fingerprint density at radius 2 is 1.95 bits per heavy atom. The Labute approximate surface area is 119 Å². The number of carbonyl (C=O) groups excluding carboxylic acids is 1. The van der Waals surface area contributed by atoms with E-state index in [0.717, 1.165) is 11.4 Å². The molecule has 1 heterocycles. The number of hydrogen-bond donors (Lipinski definition) is 2. The van der Waals surface area contributed by atoms with E-state index >= 15 is 0 Å².